The van der Waals surface area contributed by atoms with Crippen LogP contribution in [0, 0.1) is 17.5 Å². The van der Waals surface area contributed by atoms with Crippen molar-refractivity contribution in [3.8, 4) is 0 Å². The van der Waals surface area contributed by atoms with Crippen molar-refractivity contribution in [3.63, 3.8) is 0 Å². The fourth-order valence-electron chi connectivity index (χ4n) is 3.16. The van der Waals surface area contributed by atoms with E-state index in [1.165, 1.54) is 30.3 Å². The number of halogens is 6. The Bertz CT molecular complexity index is 1140. The van der Waals surface area contributed by atoms with E-state index in [0.717, 1.165) is 9.21 Å². The topological polar surface area (TPSA) is 57.7 Å². The number of allylic oxidation sites excluding steroid dienone is 1. The first-order valence-corrected chi connectivity index (χ1v) is 10.6. The fraction of sp³-hybridized carbons (Fsp3) is 0.250. The quantitative estimate of drug-likeness (QED) is 0.384. The molecule has 0 bridgehead atoms. The lowest BCUT2D eigenvalue weighted by atomic mass is 10.0. The van der Waals surface area contributed by atoms with Crippen molar-refractivity contribution in [1.82, 2.24) is 9.21 Å². The largest absolute Gasteiger partial charge is 0.417 e. The average molecular weight is 478 g/mol. The van der Waals surface area contributed by atoms with Crippen LogP contribution in [-0.4, -0.2) is 55.9 Å². The third-order valence-corrected chi connectivity index (χ3v) is 6.74. The second kappa shape index (κ2) is 8.94. The summed E-state index contributed by atoms with van der Waals surface area (Å²) in [4.78, 5) is 12.4. The van der Waals surface area contributed by atoms with Crippen LogP contribution in [-0.2, 0) is 14.8 Å². The molecule has 1 fully saturated rings. The normalized spacial score (nSPS) is 16.3. The van der Waals surface area contributed by atoms with Crippen molar-refractivity contribution in [1.29, 1.82) is 0 Å². The number of benzene rings is 2. The van der Waals surface area contributed by atoms with Crippen molar-refractivity contribution >= 4 is 21.5 Å². The molecule has 0 aromatic heterocycles. The number of nitrogens with zero attached hydrogens (tertiary/aromatic N) is 2. The summed E-state index contributed by atoms with van der Waals surface area (Å²) in [6.45, 7) is -1.29. The highest BCUT2D eigenvalue weighted by molar-refractivity contribution is 7.89. The van der Waals surface area contributed by atoms with Gasteiger partial charge in [-0.3, -0.25) is 4.79 Å². The molecular weight excluding hydrogens is 462 g/mol. The fourth-order valence-corrected chi connectivity index (χ4v) is 4.63. The zero-order valence-electron chi connectivity index (χ0n) is 16.2. The van der Waals surface area contributed by atoms with Crippen molar-refractivity contribution in [2.45, 2.75) is 11.1 Å². The van der Waals surface area contributed by atoms with E-state index in [4.69, 9.17) is 0 Å². The Morgan fingerprint density at radius 1 is 0.875 bits per heavy atom. The van der Waals surface area contributed by atoms with Crippen LogP contribution in [0.5, 0.6) is 0 Å². The van der Waals surface area contributed by atoms with E-state index in [9.17, 15) is 39.6 Å². The van der Waals surface area contributed by atoms with Gasteiger partial charge in [0.05, 0.1) is 5.57 Å². The summed E-state index contributed by atoms with van der Waals surface area (Å²) in [5, 5.41) is 0. The van der Waals surface area contributed by atoms with Gasteiger partial charge in [-0.1, -0.05) is 30.3 Å². The van der Waals surface area contributed by atoms with E-state index in [1.54, 1.807) is 0 Å². The number of rotatable bonds is 4. The molecule has 0 saturated carbocycles. The second-order valence-corrected chi connectivity index (χ2v) is 8.73. The Kier molecular flexibility index (Phi) is 6.65. The predicted octanol–water partition coefficient (Wildman–Crippen LogP) is 3.58. The highest BCUT2D eigenvalue weighted by Crippen LogP contribution is 2.34. The molecule has 1 heterocycles. The molecule has 172 valence electrons. The Morgan fingerprint density at radius 2 is 1.47 bits per heavy atom. The monoisotopic (exact) mass is 478 g/mol. The van der Waals surface area contributed by atoms with Gasteiger partial charge in [0, 0.05) is 32.3 Å². The average Bonchev–Trinajstić information content (AvgIpc) is 2.75. The SMILES string of the molecule is O=C(/C=C(/c1ccccc1)C(F)(F)F)N1CCN(S(=O)(=O)c2ccc(F)c(F)c2F)CC1. The van der Waals surface area contributed by atoms with E-state index in [0.29, 0.717) is 18.2 Å². The van der Waals surface area contributed by atoms with Gasteiger partial charge in [0.25, 0.3) is 0 Å². The third-order valence-electron chi connectivity index (χ3n) is 4.83. The van der Waals surface area contributed by atoms with Crippen LogP contribution in [0.25, 0.3) is 5.57 Å². The summed E-state index contributed by atoms with van der Waals surface area (Å²) in [6.07, 6.45) is -4.36. The number of amides is 1. The summed E-state index contributed by atoms with van der Waals surface area (Å²) < 4.78 is 107. The maximum Gasteiger partial charge on any atom is 0.417 e. The number of carbonyl (C=O) groups excluding carboxylic acids is 1. The van der Waals surface area contributed by atoms with Crippen LogP contribution in [0.3, 0.4) is 0 Å². The molecule has 0 unspecified atom stereocenters. The first-order chi connectivity index (χ1) is 14.9. The summed E-state index contributed by atoms with van der Waals surface area (Å²) in [5.74, 6) is -6.34. The lowest BCUT2D eigenvalue weighted by Crippen LogP contribution is -2.50. The third kappa shape index (κ3) is 4.80. The maximum atomic E-state index is 13.9. The molecule has 1 aliphatic rings. The molecule has 1 aliphatic heterocycles. The van der Waals surface area contributed by atoms with Crippen molar-refractivity contribution in [2.24, 2.45) is 0 Å². The molecule has 2 aromatic rings. The molecule has 1 amide bonds. The molecule has 5 nitrogen and oxygen atoms in total. The predicted molar refractivity (Wildman–Crippen MR) is 102 cm³/mol. The van der Waals surface area contributed by atoms with Crippen LogP contribution in [0.15, 0.2) is 53.4 Å². The molecular formula is C20H16F6N2O3S. The molecule has 12 heteroatoms. The lowest BCUT2D eigenvalue weighted by Gasteiger charge is -2.33. The van der Waals surface area contributed by atoms with Crippen LogP contribution in [0.2, 0.25) is 0 Å². The molecule has 3 rings (SSSR count). The van der Waals surface area contributed by atoms with Gasteiger partial charge in [0.1, 0.15) is 4.90 Å². The van der Waals surface area contributed by atoms with Gasteiger partial charge >= 0.3 is 6.18 Å². The van der Waals surface area contributed by atoms with Gasteiger partial charge in [-0.15, -0.1) is 0 Å². The van der Waals surface area contributed by atoms with Gasteiger partial charge in [0.2, 0.25) is 15.9 Å². The number of hydrogen-bond donors (Lipinski definition) is 0. The smallest absolute Gasteiger partial charge is 0.337 e. The number of piperazine rings is 1. The van der Waals surface area contributed by atoms with Crippen molar-refractivity contribution < 1.29 is 39.6 Å². The van der Waals surface area contributed by atoms with Gasteiger partial charge in [-0.25, -0.2) is 21.6 Å². The first kappa shape index (κ1) is 23.8. The summed E-state index contributed by atoms with van der Waals surface area (Å²) in [7, 11) is -4.55. The second-order valence-electron chi connectivity index (χ2n) is 6.82. The van der Waals surface area contributed by atoms with Gasteiger partial charge in [-0.05, 0) is 17.7 Å². The maximum absolute atomic E-state index is 13.9. The molecule has 2 aromatic carbocycles. The first-order valence-electron chi connectivity index (χ1n) is 9.20. The van der Waals surface area contributed by atoms with Crippen LogP contribution >= 0.6 is 0 Å². The number of hydrogen-bond acceptors (Lipinski definition) is 3. The molecule has 0 spiro atoms. The Balaban J connectivity index is 1.77. The molecule has 0 radical (unpaired) electrons. The minimum absolute atomic E-state index is 0.205. The van der Waals surface area contributed by atoms with Gasteiger partial charge in [0.15, 0.2) is 17.5 Å². The van der Waals surface area contributed by atoms with E-state index >= 15 is 0 Å². The van der Waals surface area contributed by atoms with Crippen molar-refractivity contribution in [3.05, 3.63) is 71.6 Å². The minimum atomic E-state index is -4.80. The molecule has 0 aliphatic carbocycles. The summed E-state index contributed by atoms with van der Waals surface area (Å²) >= 11 is 0. The van der Waals surface area contributed by atoms with E-state index in [-0.39, 0.29) is 31.7 Å². The molecule has 0 N–H and O–H groups in total. The van der Waals surface area contributed by atoms with E-state index in [2.05, 4.69) is 0 Å². The summed E-state index contributed by atoms with van der Waals surface area (Å²) in [5.41, 5.74) is -1.36. The number of alkyl halides is 3. The standard InChI is InChI=1S/C20H16F6N2O3S/c21-15-6-7-16(19(23)18(15)22)32(30,31)28-10-8-27(9-11-28)17(29)12-14(20(24,25)26)13-4-2-1-3-5-13/h1-7,12H,8-11H2/b14-12-. The van der Waals surface area contributed by atoms with E-state index < -0.39 is 50.0 Å². The van der Waals surface area contributed by atoms with Crippen LogP contribution in [0.4, 0.5) is 26.3 Å². The Hall–Kier alpha value is -2.86. The minimum Gasteiger partial charge on any atom is -0.337 e. The van der Waals surface area contributed by atoms with Gasteiger partial charge in [-0.2, -0.15) is 17.5 Å². The Morgan fingerprint density at radius 3 is 2.03 bits per heavy atom. The number of sulfonamides is 1. The highest BCUT2D eigenvalue weighted by atomic mass is 32.2. The van der Waals surface area contributed by atoms with E-state index in [1.807, 2.05) is 0 Å². The zero-order chi connectivity index (χ0) is 23.7. The van der Waals surface area contributed by atoms with Crippen molar-refractivity contribution in [2.75, 3.05) is 26.2 Å². The van der Waals surface area contributed by atoms with Crippen LogP contribution < -0.4 is 0 Å². The van der Waals surface area contributed by atoms with Gasteiger partial charge < -0.3 is 4.90 Å². The summed E-state index contributed by atoms with van der Waals surface area (Å²) in [6, 6.07) is 7.76. The molecule has 1 saturated heterocycles. The highest BCUT2D eigenvalue weighted by Gasteiger charge is 2.37. The number of carbonyl (C=O) groups is 1. The molecule has 0 atom stereocenters. The lowest BCUT2D eigenvalue weighted by molar-refractivity contribution is -0.127. The Labute approximate surface area is 179 Å². The molecule has 32 heavy (non-hydrogen) atoms. The zero-order valence-corrected chi connectivity index (χ0v) is 17.1. The van der Waals surface area contributed by atoms with Crippen LogP contribution in [0.1, 0.15) is 5.56 Å².